The van der Waals surface area contributed by atoms with E-state index < -0.39 is 24.8 Å². The summed E-state index contributed by atoms with van der Waals surface area (Å²) in [6.45, 7) is -0.967. The average molecular weight is 494 g/mol. The molecule has 0 saturated carbocycles. The van der Waals surface area contributed by atoms with Gasteiger partial charge in [0.1, 0.15) is 11.3 Å². The summed E-state index contributed by atoms with van der Waals surface area (Å²) in [7, 11) is 0. The van der Waals surface area contributed by atoms with Crippen molar-refractivity contribution in [1.82, 2.24) is 15.5 Å². The number of benzene rings is 2. The standard InChI is InChI=1S/C24H20ClF4N3O2/c25-16-10-8-15(9-11-16)24(28,29)13-30-22(33)20-18-6-1-2-7-19(18)31-32-23(20)34-17-5-3-4-14(12-17)21(26)27/h3-5,8-12,21H,1-2,6-7,13H2,(H,30,33). The molecule has 0 atom stereocenters. The van der Waals surface area contributed by atoms with Crippen LogP contribution in [-0.4, -0.2) is 22.6 Å². The summed E-state index contributed by atoms with van der Waals surface area (Å²) < 4.78 is 61.1. The van der Waals surface area contributed by atoms with Crippen molar-refractivity contribution >= 4 is 17.5 Å². The van der Waals surface area contributed by atoms with Gasteiger partial charge in [-0.1, -0.05) is 35.9 Å². The fourth-order valence-electron chi connectivity index (χ4n) is 3.76. The molecule has 2 aromatic carbocycles. The maximum absolute atomic E-state index is 14.7. The van der Waals surface area contributed by atoms with Crippen LogP contribution >= 0.6 is 11.6 Å². The summed E-state index contributed by atoms with van der Waals surface area (Å²) in [5.41, 5.74) is 0.576. The molecule has 0 aliphatic heterocycles. The van der Waals surface area contributed by atoms with Gasteiger partial charge in [-0.15, -0.1) is 5.10 Å². The Morgan fingerprint density at radius 1 is 1.09 bits per heavy atom. The minimum atomic E-state index is -3.35. The second kappa shape index (κ2) is 9.97. The molecule has 1 heterocycles. The summed E-state index contributed by atoms with van der Waals surface area (Å²) in [6.07, 6.45) is 0.00381. The van der Waals surface area contributed by atoms with Gasteiger partial charge in [0.2, 0.25) is 0 Å². The van der Waals surface area contributed by atoms with E-state index >= 15 is 0 Å². The zero-order valence-electron chi connectivity index (χ0n) is 17.8. The number of aromatic nitrogens is 2. The van der Waals surface area contributed by atoms with E-state index in [1.807, 2.05) is 0 Å². The first-order valence-electron chi connectivity index (χ1n) is 10.6. The van der Waals surface area contributed by atoms with Crippen molar-refractivity contribution in [2.45, 2.75) is 38.0 Å². The van der Waals surface area contributed by atoms with Crippen molar-refractivity contribution < 1.29 is 27.1 Å². The van der Waals surface area contributed by atoms with Crippen LogP contribution in [0.2, 0.25) is 5.02 Å². The maximum Gasteiger partial charge on any atom is 0.290 e. The van der Waals surface area contributed by atoms with Gasteiger partial charge in [0.05, 0.1) is 12.2 Å². The van der Waals surface area contributed by atoms with Crippen LogP contribution in [0.15, 0.2) is 48.5 Å². The monoisotopic (exact) mass is 493 g/mol. The number of hydrogen-bond donors (Lipinski definition) is 1. The van der Waals surface area contributed by atoms with E-state index in [0.29, 0.717) is 29.1 Å². The maximum atomic E-state index is 14.7. The van der Waals surface area contributed by atoms with E-state index in [9.17, 15) is 22.4 Å². The van der Waals surface area contributed by atoms with Gasteiger partial charge in [-0.2, -0.15) is 13.9 Å². The number of ether oxygens (including phenoxy) is 1. The van der Waals surface area contributed by atoms with Crippen LogP contribution in [0.4, 0.5) is 17.6 Å². The molecule has 10 heteroatoms. The van der Waals surface area contributed by atoms with Crippen LogP contribution in [0.5, 0.6) is 11.6 Å². The normalized spacial score (nSPS) is 13.5. The Kier molecular flexibility index (Phi) is 7.02. The number of rotatable bonds is 7. The molecule has 178 valence electrons. The molecular formula is C24H20ClF4N3O2. The first kappa shape index (κ1) is 23.9. The van der Waals surface area contributed by atoms with Crippen molar-refractivity contribution in [3.8, 4) is 11.6 Å². The summed E-state index contributed by atoms with van der Waals surface area (Å²) in [5, 5.41) is 10.7. The third-order valence-corrected chi connectivity index (χ3v) is 5.76. The Labute approximate surface area is 198 Å². The van der Waals surface area contributed by atoms with Gasteiger partial charge in [0, 0.05) is 16.1 Å². The first-order valence-corrected chi connectivity index (χ1v) is 11.0. The predicted molar refractivity (Wildman–Crippen MR) is 118 cm³/mol. The van der Waals surface area contributed by atoms with Gasteiger partial charge in [0.15, 0.2) is 0 Å². The van der Waals surface area contributed by atoms with Gasteiger partial charge in [-0.3, -0.25) is 4.79 Å². The van der Waals surface area contributed by atoms with Gasteiger partial charge in [-0.25, -0.2) is 8.78 Å². The number of carbonyl (C=O) groups excluding carboxylic acids is 1. The highest BCUT2D eigenvalue weighted by Gasteiger charge is 2.34. The van der Waals surface area contributed by atoms with Gasteiger partial charge in [0.25, 0.3) is 24.1 Å². The molecule has 34 heavy (non-hydrogen) atoms. The predicted octanol–water partition coefficient (Wildman–Crippen LogP) is 6.26. The quantitative estimate of drug-likeness (QED) is 0.394. The van der Waals surface area contributed by atoms with Crippen LogP contribution in [0.3, 0.4) is 0 Å². The van der Waals surface area contributed by atoms with Crippen LogP contribution < -0.4 is 10.1 Å². The lowest BCUT2D eigenvalue weighted by Gasteiger charge is -2.21. The minimum Gasteiger partial charge on any atom is -0.437 e. The Morgan fingerprint density at radius 3 is 2.56 bits per heavy atom. The number of alkyl halides is 4. The number of nitrogens with one attached hydrogen (secondary N) is 1. The summed E-state index contributed by atoms with van der Waals surface area (Å²) >= 11 is 5.76. The smallest absolute Gasteiger partial charge is 0.290 e. The molecule has 0 fully saturated rings. The van der Waals surface area contributed by atoms with Crippen molar-refractivity contribution in [2.75, 3.05) is 6.54 Å². The van der Waals surface area contributed by atoms with E-state index in [-0.39, 0.29) is 28.3 Å². The molecule has 0 spiro atoms. The van der Waals surface area contributed by atoms with Gasteiger partial charge in [-0.05, 0) is 55.5 Å². The number of carbonyl (C=O) groups is 1. The fraction of sp³-hybridized carbons (Fsp3) is 0.292. The highest BCUT2D eigenvalue weighted by atomic mass is 35.5. The average Bonchev–Trinajstić information content (AvgIpc) is 2.83. The van der Waals surface area contributed by atoms with E-state index in [0.717, 1.165) is 18.9 Å². The topological polar surface area (TPSA) is 64.1 Å². The van der Waals surface area contributed by atoms with Gasteiger partial charge < -0.3 is 10.1 Å². The van der Waals surface area contributed by atoms with Crippen molar-refractivity contribution in [2.24, 2.45) is 0 Å². The summed E-state index contributed by atoms with van der Waals surface area (Å²) in [6, 6.07) is 10.2. The lowest BCUT2D eigenvalue weighted by molar-refractivity contribution is -0.00252. The SMILES string of the molecule is O=C(NCC(F)(F)c1ccc(Cl)cc1)c1c(Oc2cccc(C(F)F)c2)nnc2c1CCCC2. The largest absolute Gasteiger partial charge is 0.437 e. The Morgan fingerprint density at radius 2 is 1.82 bits per heavy atom. The summed E-state index contributed by atoms with van der Waals surface area (Å²) in [4.78, 5) is 13.1. The number of aryl methyl sites for hydroxylation is 1. The Hall–Kier alpha value is -3.20. The molecule has 0 unspecified atom stereocenters. The van der Waals surface area contributed by atoms with E-state index in [4.69, 9.17) is 16.3 Å². The highest BCUT2D eigenvalue weighted by molar-refractivity contribution is 6.30. The number of nitrogens with zero attached hydrogens (tertiary/aromatic N) is 2. The lowest BCUT2D eigenvalue weighted by atomic mass is 9.92. The molecular weight excluding hydrogens is 474 g/mol. The summed E-state index contributed by atoms with van der Waals surface area (Å²) in [5.74, 6) is -4.35. The molecule has 1 N–H and O–H groups in total. The number of amides is 1. The van der Waals surface area contributed by atoms with Crippen LogP contribution in [0, 0.1) is 0 Å². The zero-order valence-corrected chi connectivity index (χ0v) is 18.6. The molecule has 5 nitrogen and oxygen atoms in total. The zero-order chi connectivity index (χ0) is 24.3. The third kappa shape index (κ3) is 5.30. The molecule has 1 aromatic heterocycles. The van der Waals surface area contributed by atoms with Crippen LogP contribution in [0.1, 0.15) is 52.0 Å². The molecule has 4 rings (SSSR count). The van der Waals surface area contributed by atoms with E-state index in [1.165, 1.54) is 42.5 Å². The Bertz CT molecular complexity index is 1190. The van der Waals surface area contributed by atoms with E-state index in [2.05, 4.69) is 15.5 Å². The first-order chi connectivity index (χ1) is 16.2. The van der Waals surface area contributed by atoms with Crippen LogP contribution in [-0.2, 0) is 18.8 Å². The third-order valence-electron chi connectivity index (χ3n) is 5.51. The number of fused-ring (bicyclic) bond motifs is 1. The highest BCUT2D eigenvalue weighted by Crippen LogP contribution is 2.33. The van der Waals surface area contributed by atoms with Crippen molar-refractivity contribution in [3.63, 3.8) is 0 Å². The van der Waals surface area contributed by atoms with Gasteiger partial charge >= 0.3 is 0 Å². The Balaban J connectivity index is 1.62. The molecule has 3 aromatic rings. The van der Waals surface area contributed by atoms with Crippen molar-refractivity contribution in [3.05, 3.63) is 81.5 Å². The fourth-order valence-corrected chi connectivity index (χ4v) is 3.89. The number of hydrogen-bond acceptors (Lipinski definition) is 4. The molecule has 0 bridgehead atoms. The molecule has 1 aliphatic rings. The second-order valence-corrected chi connectivity index (χ2v) is 8.32. The van der Waals surface area contributed by atoms with Crippen LogP contribution in [0.25, 0.3) is 0 Å². The van der Waals surface area contributed by atoms with E-state index in [1.54, 1.807) is 0 Å². The number of halogens is 5. The molecule has 1 amide bonds. The molecule has 0 radical (unpaired) electrons. The second-order valence-electron chi connectivity index (χ2n) is 7.88. The molecule has 0 saturated heterocycles. The van der Waals surface area contributed by atoms with Crippen molar-refractivity contribution in [1.29, 1.82) is 0 Å². The minimum absolute atomic E-state index is 0.0148. The lowest BCUT2D eigenvalue weighted by Crippen LogP contribution is -2.36. The molecule has 1 aliphatic carbocycles.